The molecule has 67 heteroatoms. The summed E-state index contributed by atoms with van der Waals surface area (Å²) in [5, 5.41) is 0. The Hall–Kier alpha value is 16.3. The monoisotopic (exact) mass is 1530 g/mol. The van der Waals surface area contributed by atoms with E-state index in [1.807, 2.05) is 0 Å². The van der Waals surface area contributed by atoms with Crippen molar-refractivity contribution < 1.29 is 212 Å². The zero-order valence-electron chi connectivity index (χ0n) is 31.7. The molecule has 0 aromatic heterocycles. The van der Waals surface area contributed by atoms with E-state index in [-0.39, 0.29) is 453 Å². The van der Waals surface area contributed by atoms with Crippen molar-refractivity contribution >= 4 is 539 Å². The van der Waals surface area contributed by atoms with Crippen LogP contribution in [-0.4, -0.2) is 497 Å². The summed E-state index contributed by atoms with van der Waals surface area (Å²) in [6.07, 6.45) is 0. The maximum atomic E-state index is 8.88. The molecule has 0 rings (SSSR count). The molecule has 0 atom stereocenters. The fourth-order valence-corrected chi connectivity index (χ4v) is 0. The molecule has 0 fully saturated rings. The first-order valence-corrected chi connectivity index (χ1v) is 24.6. The van der Waals surface area contributed by atoms with Gasteiger partial charge in [-0.2, -0.15) is 62.6 Å². The zero-order chi connectivity index (χ0) is 49.5. The molecule has 0 aromatic rings. The number of hydrogen-bond donors (Lipinski definition) is 9. The van der Waals surface area contributed by atoms with Crippen molar-refractivity contribution in [1.82, 2.24) is 0 Å². The maximum Gasteiger partial charge on any atom is 2.00 e. The number of hydrogen-bond acceptors (Lipinski definition) is 35. The van der Waals surface area contributed by atoms with E-state index in [9.17, 15) is 0 Å². The van der Waals surface area contributed by atoms with E-state index in [4.69, 9.17) is 212 Å². The normalized spacial score (nSPS) is 9.69. The van der Waals surface area contributed by atoms with E-state index in [1.165, 1.54) is 0 Å². The number of rotatable bonds is 0. The van der Waals surface area contributed by atoms with Gasteiger partial charge in [-0.15, -0.1) is 0 Å². The Bertz CT molecular complexity index is 974. The van der Waals surface area contributed by atoms with Crippen molar-refractivity contribution in [2.24, 2.45) is 0 Å². The minimum absolute atomic E-state index is 0. The van der Waals surface area contributed by atoms with Crippen LogP contribution in [0.4, 0.5) is 0 Å². The molecule has 0 heterocycles. The second-order valence-electron chi connectivity index (χ2n) is 5.12. The summed E-state index contributed by atoms with van der Waals surface area (Å²) in [4.78, 5) is 270. The quantitative estimate of drug-likeness (QED) is 0.0803. The van der Waals surface area contributed by atoms with Crippen LogP contribution < -0.4 is 117 Å². The van der Waals surface area contributed by atoms with E-state index >= 15 is 0 Å². The second-order valence-corrected chi connectivity index (χ2v) is 15.4. The molecule has 0 aromatic carbocycles. The molecule has 0 aliphatic heterocycles. The third kappa shape index (κ3) is 1990. The average Bonchev–Trinajstić information content (AvgIpc) is 2.41. The van der Waals surface area contributed by atoms with Crippen LogP contribution in [0.5, 0.6) is 0 Å². The van der Waals surface area contributed by atoms with Crippen molar-refractivity contribution in [2.75, 3.05) is 0 Å². The van der Waals surface area contributed by atoms with Gasteiger partial charge in [0.1, 0.15) is 0 Å². The zero-order valence-corrected chi connectivity index (χ0v) is 68.1. The molecule has 0 bridgehead atoms. The van der Waals surface area contributed by atoms with Gasteiger partial charge >= 0.3 is 476 Å². The van der Waals surface area contributed by atoms with E-state index in [0.717, 1.165) is 0 Å². The molecule has 44 nitrogen and oxygen atoms in total. The van der Waals surface area contributed by atoms with Crippen molar-refractivity contribution in [2.45, 2.75) is 0 Å². The molecule has 0 saturated heterocycles. The number of phosphoric acid groups is 11. The van der Waals surface area contributed by atoms with Crippen molar-refractivity contribution in [3.63, 3.8) is 0 Å². The molecular weight excluding hydrogens is 1530 g/mol. The molecule has 0 unspecified atom stereocenters. The van der Waals surface area contributed by atoms with Gasteiger partial charge in [-0.25, -0.2) is 13.7 Å². The summed E-state index contributed by atoms with van der Waals surface area (Å²) in [6.45, 7) is 0. The van der Waals surface area contributed by atoms with Crippen molar-refractivity contribution in [1.29, 1.82) is 0 Å². The van der Waals surface area contributed by atoms with Gasteiger partial charge < -0.3 is 198 Å². The second kappa shape index (κ2) is 80.3. The van der Waals surface area contributed by atoms with Crippen LogP contribution in [0.15, 0.2) is 0 Å². The summed E-state index contributed by atoms with van der Waals surface area (Å²) in [5.41, 5.74) is 0. The van der Waals surface area contributed by atoms with Crippen LogP contribution in [0.3, 0.4) is 0 Å². The van der Waals surface area contributed by atoms with E-state index < -0.39 is 86.0 Å². The molecule has 0 aliphatic rings. The van der Waals surface area contributed by atoms with Gasteiger partial charge in [0.2, 0.25) is 0 Å². The predicted molar refractivity (Wildman–Crippen MR) is 173 cm³/mol. The minimum atomic E-state index is -5.39. The predicted octanol–water partition coefficient (Wildman–Crippen LogP) is -30.0. The molecule has 0 aliphatic carbocycles. The smallest absolute Gasteiger partial charge is 0.822 e. The van der Waals surface area contributed by atoms with Crippen LogP contribution in [0, 0.1) is 0 Å². The van der Waals surface area contributed by atoms with Gasteiger partial charge in [0.25, 0.3) is 0 Å². The minimum Gasteiger partial charge on any atom is -0.822 e. The Morgan fingerprint density at radius 2 is 0.149 bits per heavy atom. The first-order chi connectivity index (χ1) is 22.0. The molecule has 352 valence electrons. The molecule has 0 spiro atoms. The third-order valence-electron chi connectivity index (χ3n) is 0. The third-order valence-corrected chi connectivity index (χ3v) is 0. The van der Waals surface area contributed by atoms with Gasteiger partial charge in [-0.05, 0) is 0 Å². The van der Waals surface area contributed by atoms with Crippen molar-refractivity contribution in [3.8, 4) is 0 Å². The Balaban J connectivity index is -0.0000000149. The largest absolute Gasteiger partial charge is 2.00 e. The first-order valence-electron chi connectivity index (χ1n) is 8.19. The van der Waals surface area contributed by atoms with Crippen LogP contribution in [0.2, 0.25) is 0 Å². The summed E-state index contributed by atoms with van der Waals surface area (Å²) in [5.74, 6) is 0. The molecule has 67 heavy (non-hydrogen) atoms. The van der Waals surface area contributed by atoms with Gasteiger partial charge in [0, 0.05) is 0 Å². The SMILES string of the molecule is O=P(O)(O)O.O=P(O)(O)O.O=P(O)(O)O.O=P([O-])([O-])[O-].O=P([O-])([O-])[O-].O=P([O-])([O-])[O-].O=P([O-])([O-])[O-].O=P([O-])([O-])[O-].O=P([O-])([O-])[O-].O=P([O-])([O-])[O-].O=P([O-])([O-])[O-].[Ca+2].[Ca+2].[Ca+2].[Ca+2].[Ca+2].[Ca+2].[Ca+2].[Ca+2].[Ca+2].[Ca+2].[Ca+2].[Ca+2]. The topological polar surface area (TPSA) is 923 Å². The van der Waals surface area contributed by atoms with Gasteiger partial charge in [0.15, 0.2) is 0 Å². The molecular formula is H9Ca12O44P11. The molecule has 0 radical (unpaired) electrons. The van der Waals surface area contributed by atoms with Gasteiger partial charge in [-0.3, -0.25) is 0 Å². The molecule has 9 N–H and O–H groups in total. The van der Waals surface area contributed by atoms with Crippen molar-refractivity contribution in [3.05, 3.63) is 0 Å². The van der Waals surface area contributed by atoms with Crippen LogP contribution in [0.1, 0.15) is 0 Å². The summed E-state index contributed by atoms with van der Waals surface area (Å²) in [7, 11) is -57.0. The van der Waals surface area contributed by atoms with E-state index in [1.54, 1.807) is 0 Å². The summed E-state index contributed by atoms with van der Waals surface area (Å²) < 4.78 is 95.0. The molecule has 0 saturated carbocycles. The molecule has 0 amide bonds. The Kier molecular flexibility index (Phi) is 186. The first kappa shape index (κ1) is 155. The Morgan fingerprint density at radius 3 is 0.149 bits per heavy atom. The fraction of sp³-hybridized carbons (Fsp3) is 0. The fourth-order valence-electron chi connectivity index (χ4n) is 0. The van der Waals surface area contributed by atoms with E-state index in [2.05, 4.69) is 0 Å². The average molecular weight is 1530 g/mol. The van der Waals surface area contributed by atoms with Gasteiger partial charge in [0.05, 0.1) is 0 Å². The van der Waals surface area contributed by atoms with Crippen LogP contribution in [-0.2, 0) is 50.2 Å². The maximum absolute atomic E-state index is 8.88. The van der Waals surface area contributed by atoms with E-state index in [0.29, 0.717) is 0 Å². The van der Waals surface area contributed by atoms with Gasteiger partial charge in [-0.1, -0.05) is 0 Å². The standard InChI is InChI=1S/12Ca.11H3O4P/c;;;;;;;;;;;;11*1-5(2,3)4/h;;;;;;;;;;;;11*(H3,1,2,3,4)/q12*+2;;;;;;;;;;;/p-24. The van der Waals surface area contributed by atoms with Crippen LogP contribution in [0.25, 0.3) is 0 Å². The summed E-state index contributed by atoms with van der Waals surface area (Å²) in [6, 6.07) is 0. The van der Waals surface area contributed by atoms with Crippen LogP contribution >= 0.6 is 86.0 Å². The Morgan fingerprint density at radius 1 is 0.149 bits per heavy atom. The summed E-state index contributed by atoms with van der Waals surface area (Å²) >= 11 is 0. The Labute approximate surface area is 731 Å².